The number of benzene rings is 3. The van der Waals surface area contributed by atoms with Crippen LogP contribution in [0.1, 0.15) is 12.8 Å². The molecule has 1 aliphatic heterocycles. The van der Waals surface area contributed by atoms with E-state index in [1.165, 1.54) is 28.6 Å². The zero-order valence-electron chi connectivity index (χ0n) is 16.4. The number of hydrogen-bond donors (Lipinski definition) is 2. The van der Waals surface area contributed by atoms with Gasteiger partial charge in [-0.2, -0.15) is 0 Å². The van der Waals surface area contributed by atoms with Crippen LogP contribution in [-0.4, -0.2) is 48.4 Å². The van der Waals surface area contributed by atoms with E-state index in [1.807, 2.05) is 0 Å². The highest BCUT2D eigenvalue weighted by atomic mass is 19.1. The summed E-state index contributed by atoms with van der Waals surface area (Å²) in [5, 5.41) is 16.5. The molecule has 152 valence electrons. The van der Waals surface area contributed by atoms with E-state index in [1.54, 1.807) is 12.1 Å². The van der Waals surface area contributed by atoms with Crippen LogP contribution < -0.4 is 10.1 Å². The van der Waals surface area contributed by atoms with Crippen molar-refractivity contribution in [2.24, 2.45) is 0 Å². The van der Waals surface area contributed by atoms with Gasteiger partial charge in [-0.15, -0.1) is 0 Å². The van der Waals surface area contributed by atoms with Gasteiger partial charge in [-0.1, -0.05) is 36.4 Å². The lowest BCUT2D eigenvalue weighted by Gasteiger charge is -2.34. The molecule has 4 nitrogen and oxygen atoms in total. The zero-order chi connectivity index (χ0) is 20.1. The summed E-state index contributed by atoms with van der Waals surface area (Å²) in [5.74, 6) is 0.279. The quantitative estimate of drug-likeness (QED) is 0.627. The third-order valence-corrected chi connectivity index (χ3v) is 5.46. The third kappa shape index (κ3) is 5.25. The van der Waals surface area contributed by atoms with E-state index in [0.717, 1.165) is 25.9 Å². The molecule has 0 bridgehead atoms. The Morgan fingerprint density at radius 1 is 1.00 bits per heavy atom. The summed E-state index contributed by atoms with van der Waals surface area (Å²) in [6, 6.07) is 21.1. The minimum absolute atomic E-state index is 0.208. The van der Waals surface area contributed by atoms with Crippen molar-refractivity contribution in [1.82, 2.24) is 4.90 Å². The van der Waals surface area contributed by atoms with Gasteiger partial charge in [0.05, 0.1) is 0 Å². The number of nitrogens with zero attached hydrogens (tertiary/aromatic N) is 1. The summed E-state index contributed by atoms with van der Waals surface area (Å²) in [7, 11) is 0. The number of anilines is 1. The van der Waals surface area contributed by atoms with Crippen molar-refractivity contribution < 1.29 is 14.2 Å². The zero-order valence-corrected chi connectivity index (χ0v) is 16.4. The minimum Gasteiger partial charge on any atom is -0.491 e. The standard InChI is InChI=1S/C24H27FN2O2/c25-19-8-10-22(11-9-19)29-17-21(28)16-27-14-12-20(13-15-27)26-24-7-3-5-18-4-1-2-6-23(18)24/h1-11,20-21,26,28H,12-17H2. The van der Waals surface area contributed by atoms with Crippen LogP contribution in [0.15, 0.2) is 66.7 Å². The Morgan fingerprint density at radius 3 is 2.52 bits per heavy atom. The minimum atomic E-state index is -0.567. The molecular weight excluding hydrogens is 367 g/mol. The van der Waals surface area contributed by atoms with E-state index in [0.29, 0.717) is 18.3 Å². The smallest absolute Gasteiger partial charge is 0.123 e. The molecule has 5 heteroatoms. The monoisotopic (exact) mass is 394 g/mol. The number of nitrogens with one attached hydrogen (secondary N) is 1. The average molecular weight is 394 g/mol. The first kappa shape index (κ1) is 19.7. The van der Waals surface area contributed by atoms with E-state index in [4.69, 9.17) is 4.74 Å². The lowest BCUT2D eigenvalue weighted by Crippen LogP contribution is -2.43. The summed E-state index contributed by atoms with van der Waals surface area (Å²) < 4.78 is 18.5. The number of piperidine rings is 1. The second-order valence-corrected chi connectivity index (χ2v) is 7.66. The first-order valence-corrected chi connectivity index (χ1v) is 10.2. The summed E-state index contributed by atoms with van der Waals surface area (Å²) in [4.78, 5) is 2.28. The van der Waals surface area contributed by atoms with E-state index >= 15 is 0 Å². The van der Waals surface area contributed by atoms with Gasteiger partial charge in [-0.3, -0.25) is 0 Å². The van der Waals surface area contributed by atoms with Gasteiger partial charge in [0.1, 0.15) is 24.3 Å². The van der Waals surface area contributed by atoms with Gasteiger partial charge < -0.3 is 20.1 Å². The molecule has 0 amide bonds. The maximum atomic E-state index is 12.9. The van der Waals surface area contributed by atoms with Crippen LogP contribution in [0.4, 0.5) is 10.1 Å². The van der Waals surface area contributed by atoms with Gasteiger partial charge in [-0.05, 0) is 48.6 Å². The van der Waals surface area contributed by atoms with Crippen LogP contribution >= 0.6 is 0 Å². The molecule has 0 saturated carbocycles. The van der Waals surface area contributed by atoms with E-state index < -0.39 is 6.10 Å². The molecule has 1 unspecified atom stereocenters. The average Bonchev–Trinajstić information content (AvgIpc) is 2.75. The Hall–Kier alpha value is -2.63. The van der Waals surface area contributed by atoms with Crippen molar-refractivity contribution in [2.75, 3.05) is 31.6 Å². The Labute approximate surface area is 170 Å². The maximum absolute atomic E-state index is 12.9. The predicted molar refractivity (Wildman–Crippen MR) is 115 cm³/mol. The topological polar surface area (TPSA) is 44.7 Å². The molecule has 2 N–H and O–H groups in total. The van der Waals surface area contributed by atoms with Gasteiger partial charge in [0, 0.05) is 36.7 Å². The molecule has 3 aromatic carbocycles. The number of aliphatic hydroxyl groups excluding tert-OH is 1. The van der Waals surface area contributed by atoms with Crippen molar-refractivity contribution in [2.45, 2.75) is 25.0 Å². The van der Waals surface area contributed by atoms with Crippen molar-refractivity contribution >= 4 is 16.5 Å². The van der Waals surface area contributed by atoms with Crippen LogP contribution in [0.25, 0.3) is 10.8 Å². The predicted octanol–water partition coefficient (Wildman–Crippen LogP) is 4.30. The lowest BCUT2D eigenvalue weighted by molar-refractivity contribution is 0.0605. The molecule has 29 heavy (non-hydrogen) atoms. The fourth-order valence-corrected chi connectivity index (χ4v) is 3.91. The van der Waals surface area contributed by atoms with Crippen LogP contribution in [-0.2, 0) is 0 Å². The normalized spacial score (nSPS) is 16.6. The second kappa shape index (κ2) is 9.25. The number of hydrogen-bond acceptors (Lipinski definition) is 4. The van der Waals surface area contributed by atoms with Crippen LogP contribution in [0, 0.1) is 5.82 Å². The summed E-state index contributed by atoms with van der Waals surface area (Å²) in [5.41, 5.74) is 1.19. The highest BCUT2D eigenvalue weighted by molar-refractivity contribution is 5.93. The molecule has 1 aliphatic rings. The second-order valence-electron chi connectivity index (χ2n) is 7.66. The highest BCUT2D eigenvalue weighted by Crippen LogP contribution is 2.25. The number of halogens is 1. The Kier molecular flexibility index (Phi) is 6.27. The van der Waals surface area contributed by atoms with Crippen molar-refractivity contribution in [1.29, 1.82) is 0 Å². The fourth-order valence-electron chi connectivity index (χ4n) is 3.91. The Bertz CT molecular complexity index is 918. The first-order chi connectivity index (χ1) is 14.2. The lowest BCUT2D eigenvalue weighted by atomic mass is 10.0. The molecule has 1 atom stereocenters. The number of ether oxygens (including phenoxy) is 1. The highest BCUT2D eigenvalue weighted by Gasteiger charge is 2.21. The summed E-state index contributed by atoms with van der Waals surface area (Å²) in [6.07, 6.45) is 1.51. The van der Waals surface area contributed by atoms with Crippen molar-refractivity contribution in [3.8, 4) is 5.75 Å². The Balaban J connectivity index is 1.23. The number of rotatable bonds is 7. The van der Waals surface area contributed by atoms with E-state index in [9.17, 15) is 9.50 Å². The molecule has 0 aliphatic carbocycles. The van der Waals surface area contributed by atoms with E-state index in [-0.39, 0.29) is 12.4 Å². The van der Waals surface area contributed by atoms with Crippen LogP contribution in [0.2, 0.25) is 0 Å². The van der Waals surface area contributed by atoms with Crippen LogP contribution in [0.5, 0.6) is 5.75 Å². The molecule has 0 radical (unpaired) electrons. The maximum Gasteiger partial charge on any atom is 0.123 e. The molecule has 1 fully saturated rings. The van der Waals surface area contributed by atoms with Crippen molar-refractivity contribution in [3.05, 3.63) is 72.5 Å². The molecule has 0 spiro atoms. The van der Waals surface area contributed by atoms with Gasteiger partial charge >= 0.3 is 0 Å². The molecule has 3 aromatic rings. The third-order valence-electron chi connectivity index (χ3n) is 5.46. The summed E-state index contributed by atoms with van der Waals surface area (Å²) in [6.45, 7) is 2.67. The molecule has 0 aromatic heterocycles. The van der Waals surface area contributed by atoms with Gasteiger partial charge in [0.25, 0.3) is 0 Å². The van der Waals surface area contributed by atoms with Crippen LogP contribution in [0.3, 0.4) is 0 Å². The van der Waals surface area contributed by atoms with Crippen molar-refractivity contribution in [3.63, 3.8) is 0 Å². The van der Waals surface area contributed by atoms with Gasteiger partial charge in [-0.25, -0.2) is 4.39 Å². The molecule has 1 saturated heterocycles. The van der Waals surface area contributed by atoms with E-state index in [2.05, 4.69) is 52.7 Å². The first-order valence-electron chi connectivity index (χ1n) is 10.2. The largest absolute Gasteiger partial charge is 0.491 e. The molecular formula is C24H27FN2O2. The summed E-state index contributed by atoms with van der Waals surface area (Å²) >= 11 is 0. The number of likely N-dealkylation sites (tertiary alicyclic amines) is 1. The number of fused-ring (bicyclic) bond motifs is 1. The number of β-amino-alcohol motifs (C(OH)–C–C–N with tert-alkyl or cyclic N) is 1. The molecule has 1 heterocycles. The fraction of sp³-hybridized carbons (Fsp3) is 0.333. The molecule has 4 rings (SSSR count). The SMILES string of the molecule is OC(COc1ccc(F)cc1)CN1CCC(Nc2cccc3ccccc23)CC1. The Morgan fingerprint density at radius 2 is 1.72 bits per heavy atom. The van der Waals surface area contributed by atoms with Gasteiger partial charge in [0.2, 0.25) is 0 Å². The van der Waals surface area contributed by atoms with Gasteiger partial charge in [0.15, 0.2) is 0 Å². The number of aliphatic hydroxyl groups is 1.